The first-order chi connectivity index (χ1) is 4.95. The summed E-state index contributed by atoms with van der Waals surface area (Å²) < 4.78 is 22.1. The van der Waals surface area contributed by atoms with E-state index in [0.717, 1.165) is 0 Å². The number of hydrogen-bond acceptors (Lipinski definition) is 4. The van der Waals surface area contributed by atoms with Crippen molar-refractivity contribution < 1.29 is 18.6 Å². The molecule has 0 aliphatic heterocycles. The molecule has 11 heavy (non-hydrogen) atoms. The number of sulfone groups is 1. The highest BCUT2D eigenvalue weighted by molar-refractivity contribution is 7.92. The summed E-state index contributed by atoms with van der Waals surface area (Å²) in [6.07, 6.45) is -1.01. The van der Waals surface area contributed by atoms with Gasteiger partial charge in [-0.25, -0.2) is 8.42 Å². The molecule has 0 aromatic rings. The van der Waals surface area contributed by atoms with E-state index in [0.29, 0.717) is 0 Å². The lowest BCUT2D eigenvalue weighted by molar-refractivity contribution is 0.152. The zero-order valence-corrected chi connectivity index (χ0v) is 7.50. The highest BCUT2D eigenvalue weighted by atomic mass is 32.2. The topological polar surface area (TPSA) is 74.6 Å². The van der Waals surface area contributed by atoms with Gasteiger partial charge in [0.05, 0.1) is 12.7 Å². The normalized spacial score (nSPS) is 17.8. The maximum atomic E-state index is 11.1. The van der Waals surface area contributed by atoms with E-state index in [4.69, 9.17) is 10.2 Å². The summed E-state index contributed by atoms with van der Waals surface area (Å²) in [7, 11) is -3.31. The summed E-state index contributed by atoms with van der Waals surface area (Å²) in [4.78, 5) is 0. The van der Waals surface area contributed by atoms with Crippen LogP contribution in [0.4, 0.5) is 0 Å². The quantitative estimate of drug-likeness (QED) is 0.594. The SMILES string of the molecule is CCS(=O)(=O)[C@@H](CO)[C@H](C)O. The van der Waals surface area contributed by atoms with E-state index in [2.05, 4.69) is 0 Å². The molecule has 4 nitrogen and oxygen atoms in total. The van der Waals surface area contributed by atoms with Crippen molar-refractivity contribution in [3.05, 3.63) is 0 Å². The molecule has 0 radical (unpaired) electrons. The van der Waals surface area contributed by atoms with Crippen molar-refractivity contribution in [2.45, 2.75) is 25.2 Å². The first kappa shape index (κ1) is 10.9. The summed E-state index contributed by atoms with van der Waals surface area (Å²) in [5, 5.41) is 16.5. The average Bonchev–Trinajstić information content (AvgIpc) is 1.88. The van der Waals surface area contributed by atoms with Crippen LogP contribution in [0.5, 0.6) is 0 Å². The largest absolute Gasteiger partial charge is 0.395 e. The summed E-state index contributed by atoms with van der Waals surface area (Å²) >= 11 is 0. The highest BCUT2D eigenvalue weighted by Gasteiger charge is 2.27. The van der Waals surface area contributed by atoms with Gasteiger partial charge in [0.25, 0.3) is 0 Å². The summed E-state index contributed by atoms with van der Waals surface area (Å²) in [6.45, 7) is 2.32. The molecule has 68 valence electrons. The zero-order chi connectivity index (χ0) is 9.07. The minimum absolute atomic E-state index is 0.0525. The van der Waals surface area contributed by atoms with Crippen LogP contribution >= 0.6 is 0 Å². The monoisotopic (exact) mass is 182 g/mol. The molecule has 2 atom stereocenters. The van der Waals surface area contributed by atoms with Crippen LogP contribution in [-0.2, 0) is 9.84 Å². The molecule has 0 aliphatic carbocycles. The van der Waals surface area contributed by atoms with Gasteiger partial charge in [0.2, 0.25) is 0 Å². The van der Waals surface area contributed by atoms with E-state index in [-0.39, 0.29) is 5.75 Å². The van der Waals surface area contributed by atoms with Crippen molar-refractivity contribution in [3.8, 4) is 0 Å². The Labute approximate surface area is 66.8 Å². The zero-order valence-electron chi connectivity index (χ0n) is 6.69. The Bertz CT molecular complexity index is 195. The van der Waals surface area contributed by atoms with E-state index >= 15 is 0 Å². The number of hydrogen-bond donors (Lipinski definition) is 2. The van der Waals surface area contributed by atoms with Gasteiger partial charge in [0.15, 0.2) is 9.84 Å². The summed E-state index contributed by atoms with van der Waals surface area (Å²) in [5.74, 6) is -0.0525. The number of rotatable bonds is 4. The maximum absolute atomic E-state index is 11.1. The van der Waals surface area contributed by atoms with Crippen molar-refractivity contribution in [2.24, 2.45) is 0 Å². The molecule has 2 N–H and O–H groups in total. The smallest absolute Gasteiger partial charge is 0.157 e. The molecule has 0 rings (SSSR count). The molecule has 5 heteroatoms. The first-order valence-electron chi connectivity index (χ1n) is 3.46. The van der Waals surface area contributed by atoms with Crippen molar-refractivity contribution in [1.82, 2.24) is 0 Å². The number of aliphatic hydroxyl groups excluding tert-OH is 2. The van der Waals surface area contributed by atoms with Crippen molar-refractivity contribution in [3.63, 3.8) is 0 Å². The van der Waals surface area contributed by atoms with Gasteiger partial charge in [-0.2, -0.15) is 0 Å². The molecule has 0 aromatic carbocycles. The van der Waals surface area contributed by atoms with E-state index in [9.17, 15) is 8.42 Å². The second-order valence-electron chi connectivity index (χ2n) is 2.41. The minimum atomic E-state index is -3.31. The highest BCUT2D eigenvalue weighted by Crippen LogP contribution is 2.06. The Morgan fingerprint density at radius 2 is 1.91 bits per heavy atom. The van der Waals surface area contributed by atoms with E-state index in [1.165, 1.54) is 13.8 Å². The molecule has 0 heterocycles. The molecule has 0 aliphatic rings. The summed E-state index contributed by atoms with van der Waals surface area (Å²) in [5.41, 5.74) is 0. The second kappa shape index (κ2) is 4.04. The third-order valence-electron chi connectivity index (χ3n) is 1.58. The van der Waals surface area contributed by atoms with Crippen LogP contribution in [0.15, 0.2) is 0 Å². The Balaban J connectivity index is 4.51. The van der Waals surface area contributed by atoms with Crippen LogP contribution in [0.25, 0.3) is 0 Å². The predicted molar refractivity (Wildman–Crippen MR) is 42.0 cm³/mol. The van der Waals surface area contributed by atoms with Crippen LogP contribution in [0, 0.1) is 0 Å². The minimum Gasteiger partial charge on any atom is -0.395 e. The fourth-order valence-corrected chi connectivity index (χ4v) is 2.04. The Morgan fingerprint density at radius 1 is 1.45 bits per heavy atom. The van der Waals surface area contributed by atoms with Crippen LogP contribution in [-0.4, -0.2) is 42.3 Å². The molecular formula is C6H14O4S. The van der Waals surface area contributed by atoms with Gasteiger partial charge >= 0.3 is 0 Å². The fraction of sp³-hybridized carbons (Fsp3) is 1.00. The molecular weight excluding hydrogens is 168 g/mol. The molecule has 0 aromatic heterocycles. The molecule has 0 spiro atoms. The van der Waals surface area contributed by atoms with E-state index in [1.54, 1.807) is 0 Å². The predicted octanol–water partition coefficient (Wildman–Crippen LogP) is -0.837. The lowest BCUT2D eigenvalue weighted by Gasteiger charge is -2.16. The maximum Gasteiger partial charge on any atom is 0.157 e. The Kier molecular flexibility index (Phi) is 3.99. The van der Waals surface area contributed by atoms with E-state index < -0.39 is 27.8 Å². The van der Waals surface area contributed by atoms with Gasteiger partial charge in [0, 0.05) is 5.75 Å². The summed E-state index contributed by atoms with van der Waals surface area (Å²) in [6, 6.07) is 0. The van der Waals surface area contributed by atoms with E-state index in [1.807, 2.05) is 0 Å². The molecule has 0 unspecified atom stereocenters. The Morgan fingerprint density at radius 3 is 2.00 bits per heavy atom. The van der Waals surface area contributed by atoms with Crippen molar-refractivity contribution >= 4 is 9.84 Å². The average molecular weight is 182 g/mol. The third-order valence-corrected chi connectivity index (χ3v) is 3.85. The van der Waals surface area contributed by atoms with Gasteiger partial charge in [0.1, 0.15) is 5.25 Å². The lowest BCUT2D eigenvalue weighted by Crippen LogP contribution is -2.36. The van der Waals surface area contributed by atoms with Crippen LogP contribution < -0.4 is 0 Å². The molecule has 0 bridgehead atoms. The molecule has 0 saturated heterocycles. The Hall–Kier alpha value is -0.130. The van der Waals surface area contributed by atoms with Crippen molar-refractivity contribution in [2.75, 3.05) is 12.4 Å². The van der Waals surface area contributed by atoms with Crippen LogP contribution in [0.3, 0.4) is 0 Å². The molecule has 0 fully saturated rings. The third kappa shape index (κ3) is 2.76. The van der Waals surface area contributed by atoms with Gasteiger partial charge in [-0.15, -0.1) is 0 Å². The first-order valence-corrected chi connectivity index (χ1v) is 5.17. The van der Waals surface area contributed by atoms with Gasteiger partial charge in [-0.05, 0) is 6.92 Å². The fourth-order valence-electron chi connectivity index (χ4n) is 0.780. The number of aliphatic hydroxyl groups is 2. The van der Waals surface area contributed by atoms with Crippen LogP contribution in [0.2, 0.25) is 0 Å². The van der Waals surface area contributed by atoms with Gasteiger partial charge in [-0.3, -0.25) is 0 Å². The second-order valence-corrected chi connectivity index (χ2v) is 4.92. The van der Waals surface area contributed by atoms with Gasteiger partial charge < -0.3 is 10.2 Å². The van der Waals surface area contributed by atoms with Crippen LogP contribution in [0.1, 0.15) is 13.8 Å². The van der Waals surface area contributed by atoms with Gasteiger partial charge in [-0.1, -0.05) is 6.92 Å². The molecule has 0 amide bonds. The molecule has 0 saturated carbocycles. The van der Waals surface area contributed by atoms with Crippen molar-refractivity contribution in [1.29, 1.82) is 0 Å². The standard InChI is InChI=1S/C6H14O4S/c1-3-11(9,10)6(4-7)5(2)8/h5-8H,3-4H2,1-2H3/t5-,6-/m0/s1. The lowest BCUT2D eigenvalue weighted by atomic mass is 10.3.